The fourth-order valence-electron chi connectivity index (χ4n) is 2.24. The van der Waals surface area contributed by atoms with Gasteiger partial charge in [0, 0.05) is 5.57 Å². The maximum Gasteiger partial charge on any atom is 0.330 e. The highest BCUT2D eigenvalue weighted by Crippen LogP contribution is 2.18. The van der Waals surface area contributed by atoms with Crippen molar-refractivity contribution in [2.24, 2.45) is 5.92 Å². The van der Waals surface area contributed by atoms with Crippen LogP contribution in [-0.4, -0.2) is 11.1 Å². The molecule has 0 aliphatic heterocycles. The number of carboxylic acid groups (broad SMARTS) is 1. The zero-order valence-corrected chi connectivity index (χ0v) is 12.2. The molecule has 0 radical (unpaired) electrons. The van der Waals surface area contributed by atoms with Crippen molar-refractivity contribution in [3.63, 3.8) is 0 Å². The molecule has 0 aromatic carbocycles. The van der Waals surface area contributed by atoms with E-state index in [9.17, 15) is 4.79 Å². The van der Waals surface area contributed by atoms with Gasteiger partial charge in [0.05, 0.1) is 0 Å². The molecule has 106 valence electrons. The molecule has 0 bridgehead atoms. The smallest absolute Gasteiger partial charge is 0.330 e. The van der Waals surface area contributed by atoms with Crippen molar-refractivity contribution < 1.29 is 9.90 Å². The normalized spacial score (nSPS) is 12.3. The van der Waals surface area contributed by atoms with E-state index in [1.54, 1.807) is 0 Å². The first-order valence-electron chi connectivity index (χ1n) is 7.49. The van der Waals surface area contributed by atoms with Gasteiger partial charge in [-0.1, -0.05) is 78.2 Å². The zero-order chi connectivity index (χ0) is 13.8. The van der Waals surface area contributed by atoms with E-state index in [4.69, 9.17) is 5.11 Å². The quantitative estimate of drug-likeness (QED) is 0.384. The van der Waals surface area contributed by atoms with Crippen molar-refractivity contribution in [3.8, 4) is 0 Å². The van der Waals surface area contributed by atoms with Crippen molar-refractivity contribution in [3.05, 3.63) is 12.2 Å². The van der Waals surface area contributed by atoms with Crippen LogP contribution in [-0.2, 0) is 4.79 Å². The van der Waals surface area contributed by atoms with Crippen LogP contribution in [0, 0.1) is 5.92 Å². The van der Waals surface area contributed by atoms with Crippen LogP contribution in [0.5, 0.6) is 0 Å². The van der Waals surface area contributed by atoms with E-state index in [0.717, 1.165) is 6.42 Å². The van der Waals surface area contributed by atoms with Crippen LogP contribution in [0.25, 0.3) is 0 Å². The monoisotopic (exact) mass is 254 g/mol. The highest BCUT2D eigenvalue weighted by molar-refractivity contribution is 5.85. The van der Waals surface area contributed by atoms with Gasteiger partial charge in [0.25, 0.3) is 0 Å². The number of carboxylic acids is 1. The summed E-state index contributed by atoms with van der Waals surface area (Å²) < 4.78 is 0. The van der Waals surface area contributed by atoms with Gasteiger partial charge in [0.1, 0.15) is 0 Å². The fraction of sp³-hybridized carbons (Fsp3) is 0.812. The van der Waals surface area contributed by atoms with E-state index in [1.165, 1.54) is 51.4 Å². The second-order valence-electron chi connectivity index (χ2n) is 5.48. The molecule has 0 aliphatic rings. The van der Waals surface area contributed by atoms with Gasteiger partial charge in [0.15, 0.2) is 0 Å². The average molecular weight is 254 g/mol. The Hall–Kier alpha value is -0.790. The first kappa shape index (κ1) is 17.2. The van der Waals surface area contributed by atoms with Crippen LogP contribution in [0.2, 0.25) is 0 Å². The molecule has 0 aromatic heterocycles. The highest BCUT2D eigenvalue weighted by Gasteiger charge is 2.09. The average Bonchev–Trinajstić information content (AvgIpc) is 2.32. The van der Waals surface area contributed by atoms with E-state index in [1.807, 2.05) is 0 Å². The standard InChI is InChI=1S/C16H30O2/c1-4-5-6-7-8-9-10-11-12-14(2)13-15(3)16(17)18/h14H,3-13H2,1-2H3,(H,17,18). The van der Waals surface area contributed by atoms with Crippen LogP contribution in [0.4, 0.5) is 0 Å². The Morgan fingerprint density at radius 3 is 2.06 bits per heavy atom. The van der Waals surface area contributed by atoms with Gasteiger partial charge in [-0.25, -0.2) is 4.79 Å². The van der Waals surface area contributed by atoms with Crippen molar-refractivity contribution in [2.45, 2.75) is 78.1 Å². The number of unbranched alkanes of at least 4 members (excludes halogenated alkanes) is 7. The summed E-state index contributed by atoms with van der Waals surface area (Å²) in [6.45, 7) is 7.94. The van der Waals surface area contributed by atoms with Crippen molar-refractivity contribution in [2.75, 3.05) is 0 Å². The van der Waals surface area contributed by atoms with Gasteiger partial charge in [-0.2, -0.15) is 0 Å². The van der Waals surface area contributed by atoms with Crippen LogP contribution in [0.1, 0.15) is 78.1 Å². The molecule has 2 nitrogen and oxygen atoms in total. The number of aliphatic carboxylic acids is 1. The summed E-state index contributed by atoms with van der Waals surface area (Å²) in [7, 11) is 0. The minimum atomic E-state index is -0.849. The summed E-state index contributed by atoms with van der Waals surface area (Å²) in [6, 6.07) is 0. The molecule has 0 rings (SSSR count). The number of hydrogen-bond donors (Lipinski definition) is 1. The summed E-state index contributed by atoms with van der Waals surface area (Å²) >= 11 is 0. The molecule has 1 N–H and O–H groups in total. The molecular weight excluding hydrogens is 224 g/mol. The second kappa shape index (κ2) is 11.3. The Balaban J connectivity index is 3.32. The van der Waals surface area contributed by atoms with Crippen LogP contribution in [0.3, 0.4) is 0 Å². The molecule has 18 heavy (non-hydrogen) atoms. The van der Waals surface area contributed by atoms with Crippen LogP contribution < -0.4 is 0 Å². The van der Waals surface area contributed by atoms with E-state index in [0.29, 0.717) is 17.9 Å². The van der Waals surface area contributed by atoms with Crippen LogP contribution in [0.15, 0.2) is 12.2 Å². The third kappa shape index (κ3) is 10.4. The third-order valence-electron chi connectivity index (χ3n) is 3.45. The molecule has 0 aromatic rings. The lowest BCUT2D eigenvalue weighted by Crippen LogP contribution is -2.04. The summed E-state index contributed by atoms with van der Waals surface area (Å²) in [4.78, 5) is 10.6. The molecule has 0 saturated carbocycles. The van der Waals surface area contributed by atoms with Gasteiger partial charge in [-0.15, -0.1) is 0 Å². The van der Waals surface area contributed by atoms with E-state index >= 15 is 0 Å². The second-order valence-corrected chi connectivity index (χ2v) is 5.48. The van der Waals surface area contributed by atoms with Gasteiger partial charge in [-0.3, -0.25) is 0 Å². The highest BCUT2D eigenvalue weighted by atomic mass is 16.4. The largest absolute Gasteiger partial charge is 0.478 e. The minimum absolute atomic E-state index is 0.349. The Kier molecular flexibility index (Phi) is 10.8. The molecule has 2 heteroatoms. The van der Waals surface area contributed by atoms with E-state index in [2.05, 4.69) is 20.4 Å². The lowest BCUT2D eigenvalue weighted by atomic mass is 9.95. The van der Waals surface area contributed by atoms with Crippen molar-refractivity contribution in [1.82, 2.24) is 0 Å². The van der Waals surface area contributed by atoms with Gasteiger partial charge >= 0.3 is 5.97 Å². The molecule has 0 amide bonds. The lowest BCUT2D eigenvalue weighted by Gasteiger charge is -2.10. The van der Waals surface area contributed by atoms with Crippen molar-refractivity contribution >= 4 is 5.97 Å². The summed E-state index contributed by atoms with van der Waals surface area (Å²) in [6.07, 6.45) is 12.4. The van der Waals surface area contributed by atoms with Crippen molar-refractivity contribution in [1.29, 1.82) is 0 Å². The molecular formula is C16H30O2. The Bertz CT molecular complexity index is 233. The topological polar surface area (TPSA) is 37.3 Å². The predicted octanol–water partition coefficient (Wildman–Crippen LogP) is 5.18. The molecule has 1 atom stereocenters. The van der Waals surface area contributed by atoms with Gasteiger partial charge in [-0.05, 0) is 12.3 Å². The molecule has 0 fully saturated rings. The summed E-state index contributed by atoms with van der Waals surface area (Å²) in [5.41, 5.74) is 0.349. The number of hydrogen-bond acceptors (Lipinski definition) is 1. The molecule has 0 saturated heterocycles. The van der Waals surface area contributed by atoms with Gasteiger partial charge < -0.3 is 5.11 Å². The SMILES string of the molecule is C=C(CC(C)CCCCCCCCCC)C(=O)O. The van der Waals surface area contributed by atoms with Gasteiger partial charge in [0.2, 0.25) is 0 Å². The summed E-state index contributed by atoms with van der Waals surface area (Å²) in [5.74, 6) is -0.397. The lowest BCUT2D eigenvalue weighted by molar-refractivity contribution is -0.132. The van der Waals surface area contributed by atoms with E-state index in [-0.39, 0.29) is 0 Å². The predicted molar refractivity (Wildman–Crippen MR) is 77.8 cm³/mol. The fourth-order valence-corrected chi connectivity index (χ4v) is 2.24. The van der Waals surface area contributed by atoms with Crippen LogP contribution >= 0.6 is 0 Å². The molecule has 0 aliphatic carbocycles. The first-order chi connectivity index (χ1) is 8.57. The summed E-state index contributed by atoms with van der Waals surface area (Å²) in [5, 5.41) is 8.74. The Labute approximate surface area is 112 Å². The minimum Gasteiger partial charge on any atom is -0.478 e. The number of carbonyl (C=O) groups is 1. The maximum absolute atomic E-state index is 10.6. The molecule has 0 spiro atoms. The third-order valence-corrected chi connectivity index (χ3v) is 3.45. The Morgan fingerprint density at radius 1 is 1.06 bits per heavy atom. The molecule has 1 unspecified atom stereocenters. The maximum atomic E-state index is 10.6. The number of rotatable bonds is 12. The zero-order valence-electron chi connectivity index (χ0n) is 12.2. The first-order valence-corrected chi connectivity index (χ1v) is 7.49. The molecule has 0 heterocycles. The Morgan fingerprint density at radius 2 is 1.56 bits per heavy atom. The van der Waals surface area contributed by atoms with E-state index < -0.39 is 5.97 Å².